The minimum absolute atomic E-state index is 0.0150. The highest BCUT2D eigenvalue weighted by molar-refractivity contribution is 5.91. The molecule has 154 valence electrons. The van der Waals surface area contributed by atoms with Crippen LogP contribution in [0.5, 0.6) is 11.5 Å². The topological polar surface area (TPSA) is 73.9 Å². The van der Waals surface area contributed by atoms with Crippen molar-refractivity contribution in [1.82, 2.24) is 5.32 Å². The molecule has 0 radical (unpaired) electrons. The zero-order chi connectivity index (χ0) is 21.0. The number of rotatable bonds is 6. The molecule has 1 aliphatic rings. The van der Waals surface area contributed by atoms with E-state index in [0.717, 1.165) is 23.8 Å². The molecule has 2 aromatic carbocycles. The summed E-state index contributed by atoms with van der Waals surface area (Å²) in [6.45, 7) is 4.09. The molecule has 0 aromatic heterocycles. The molecule has 1 heterocycles. The van der Waals surface area contributed by atoms with Crippen molar-refractivity contribution < 1.29 is 32.6 Å². The SMILES string of the molecule is CC(C)[C@@H](NC(=O)COC(=O)c1c(F)cccc1F)c1ccc2c(c1)OCCO2. The molecule has 0 fully saturated rings. The Hall–Kier alpha value is -3.16. The number of fused-ring (bicyclic) bond motifs is 1. The number of carbonyl (C=O) groups is 2. The van der Waals surface area contributed by atoms with Gasteiger partial charge >= 0.3 is 5.97 Å². The fraction of sp³-hybridized carbons (Fsp3) is 0.333. The molecule has 1 aliphatic heterocycles. The largest absolute Gasteiger partial charge is 0.486 e. The first kappa shape index (κ1) is 20.6. The van der Waals surface area contributed by atoms with Crippen LogP contribution in [0.25, 0.3) is 0 Å². The number of halogens is 2. The molecule has 1 amide bonds. The van der Waals surface area contributed by atoms with Gasteiger partial charge in [-0.15, -0.1) is 0 Å². The van der Waals surface area contributed by atoms with E-state index < -0.39 is 35.7 Å². The van der Waals surface area contributed by atoms with E-state index in [1.807, 2.05) is 19.9 Å². The molecule has 2 aromatic rings. The minimum Gasteiger partial charge on any atom is -0.486 e. The molecule has 0 saturated heterocycles. The maximum atomic E-state index is 13.6. The van der Waals surface area contributed by atoms with Gasteiger partial charge in [-0.1, -0.05) is 26.0 Å². The lowest BCUT2D eigenvalue weighted by atomic mass is 9.95. The van der Waals surface area contributed by atoms with Gasteiger partial charge in [0, 0.05) is 0 Å². The Balaban J connectivity index is 1.65. The van der Waals surface area contributed by atoms with Gasteiger partial charge in [-0.05, 0) is 35.7 Å². The van der Waals surface area contributed by atoms with Gasteiger partial charge < -0.3 is 19.5 Å². The van der Waals surface area contributed by atoms with Crippen molar-refractivity contribution in [2.24, 2.45) is 5.92 Å². The normalized spacial score (nSPS) is 13.7. The van der Waals surface area contributed by atoms with Gasteiger partial charge in [0.2, 0.25) is 0 Å². The van der Waals surface area contributed by atoms with Gasteiger partial charge in [-0.25, -0.2) is 13.6 Å². The van der Waals surface area contributed by atoms with Crippen LogP contribution in [-0.4, -0.2) is 31.7 Å². The van der Waals surface area contributed by atoms with Crippen molar-refractivity contribution in [2.75, 3.05) is 19.8 Å². The Morgan fingerprint density at radius 1 is 1.07 bits per heavy atom. The van der Waals surface area contributed by atoms with Gasteiger partial charge in [0.1, 0.15) is 30.4 Å². The standard InChI is InChI=1S/C21H21F2NO5/c1-12(2)20(13-6-7-16-17(10-13)28-9-8-27-16)24-18(25)11-29-21(26)19-14(22)4-3-5-15(19)23/h3-7,10,12,20H,8-9,11H2,1-2H3,(H,24,25)/t20-/m1/s1. The summed E-state index contributed by atoms with van der Waals surface area (Å²) in [5.41, 5.74) is -0.0309. The number of ether oxygens (including phenoxy) is 3. The highest BCUT2D eigenvalue weighted by Crippen LogP contribution is 2.34. The van der Waals surface area contributed by atoms with Gasteiger partial charge in [0.25, 0.3) is 5.91 Å². The average molecular weight is 405 g/mol. The Labute approximate surface area is 166 Å². The summed E-state index contributed by atoms with van der Waals surface area (Å²) in [5.74, 6) is -2.69. The predicted octanol–water partition coefficient (Wildman–Crippen LogP) is 3.41. The van der Waals surface area contributed by atoms with Crippen molar-refractivity contribution in [3.8, 4) is 11.5 Å². The summed E-state index contributed by atoms with van der Waals surface area (Å²) in [4.78, 5) is 24.2. The lowest BCUT2D eigenvalue weighted by Crippen LogP contribution is -2.35. The van der Waals surface area contributed by atoms with E-state index in [2.05, 4.69) is 5.32 Å². The molecule has 1 N–H and O–H groups in total. The number of esters is 1. The number of benzene rings is 2. The van der Waals surface area contributed by atoms with Gasteiger partial charge in [0.05, 0.1) is 6.04 Å². The smallest absolute Gasteiger partial charge is 0.344 e. The molecule has 0 aliphatic carbocycles. The van der Waals surface area contributed by atoms with E-state index in [1.54, 1.807) is 12.1 Å². The van der Waals surface area contributed by atoms with Crippen LogP contribution < -0.4 is 14.8 Å². The molecule has 0 saturated carbocycles. The second-order valence-electron chi connectivity index (χ2n) is 6.87. The summed E-state index contributed by atoms with van der Waals surface area (Å²) in [7, 11) is 0. The molecule has 3 rings (SSSR count). The Bertz CT molecular complexity index is 896. The number of amides is 1. The maximum Gasteiger partial charge on any atom is 0.344 e. The summed E-state index contributed by atoms with van der Waals surface area (Å²) >= 11 is 0. The van der Waals surface area contributed by atoms with E-state index in [9.17, 15) is 18.4 Å². The minimum atomic E-state index is -1.24. The molecule has 0 unspecified atom stereocenters. The number of carbonyl (C=O) groups excluding carboxylic acids is 2. The van der Waals surface area contributed by atoms with Crippen LogP contribution in [0.1, 0.15) is 35.8 Å². The molecular formula is C21H21F2NO5. The second kappa shape index (κ2) is 8.89. The third kappa shape index (κ3) is 4.82. The van der Waals surface area contributed by atoms with Crippen LogP contribution >= 0.6 is 0 Å². The highest BCUT2D eigenvalue weighted by atomic mass is 19.1. The van der Waals surface area contributed by atoms with Crippen LogP contribution in [0.3, 0.4) is 0 Å². The number of hydrogen-bond acceptors (Lipinski definition) is 5. The Kier molecular flexibility index (Phi) is 6.31. The van der Waals surface area contributed by atoms with E-state index in [1.165, 1.54) is 0 Å². The third-order valence-corrected chi connectivity index (χ3v) is 4.41. The first-order valence-electron chi connectivity index (χ1n) is 9.17. The zero-order valence-electron chi connectivity index (χ0n) is 16.0. The lowest BCUT2D eigenvalue weighted by molar-refractivity contribution is -0.125. The molecule has 29 heavy (non-hydrogen) atoms. The second-order valence-corrected chi connectivity index (χ2v) is 6.87. The summed E-state index contributed by atoms with van der Waals surface area (Å²) in [6, 6.07) is 8.01. The third-order valence-electron chi connectivity index (χ3n) is 4.41. The van der Waals surface area contributed by atoms with Crippen molar-refractivity contribution in [3.63, 3.8) is 0 Å². The highest BCUT2D eigenvalue weighted by Gasteiger charge is 2.23. The van der Waals surface area contributed by atoms with Crippen molar-refractivity contribution in [2.45, 2.75) is 19.9 Å². The van der Waals surface area contributed by atoms with Crippen molar-refractivity contribution >= 4 is 11.9 Å². The number of nitrogens with one attached hydrogen (secondary N) is 1. The molecule has 0 bridgehead atoms. The molecule has 0 spiro atoms. The Morgan fingerprint density at radius 3 is 2.38 bits per heavy atom. The van der Waals surface area contributed by atoms with E-state index in [4.69, 9.17) is 14.2 Å². The Morgan fingerprint density at radius 2 is 1.72 bits per heavy atom. The molecular weight excluding hydrogens is 384 g/mol. The van der Waals surface area contributed by atoms with Crippen molar-refractivity contribution in [1.29, 1.82) is 0 Å². The van der Waals surface area contributed by atoms with E-state index in [-0.39, 0.29) is 12.0 Å². The summed E-state index contributed by atoms with van der Waals surface area (Å²) in [6.07, 6.45) is 0. The van der Waals surface area contributed by atoms with Gasteiger partial charge in [-0.2, -0.15) is 0 Å². The fourth-order valence-electron chi connectivity index (χ4n) is 3.00. The first-order chi connectivity index (χ1) is 13.9. The predicted molar refractivity (Wildman–Crippen MR) is 99.8 cm³/mol. The fourth-order valence-corrected chi connectivity index (χ4v) is 3.00. The van der Waals surface area contributed by atoms with Crippen LogP contribution in [-0.2, 0) is 9.53 Å². The van der Waals surface area contributed by atoms with Crippen LogP contribution in [0, 0.1) is 17.6 Å². The first-order valence-corrected chi connectivity index (χ1v) is 9.17. The van der Waals surface area contributed by atoms with E-state index in [0.29, 0.717) is 24.7 Å². The monoisotopic (exact) mass is 405 g/mol. The summed E-state index contributed by atoms with van der Waals surface area (Å²) in [5, 5.41) is 2.78. The maximum absolute atomic E-state index is 13.6. The van der Waals surface area contributed by atoms with Gasteiger partial charge in [0.15, 0.2) is 18.1 Å². The zero-order valence-corrected chi connectivity index (χ0v) is 16.0. The molecule has 1 atom stereocenters. The van der Waals surface area contributed by atoms with Crippen LogP contribution in [0.2, 0.25) is 0 Å². The molecule has 8 heteroatoms. The lowest BCUT2D eigenvalue weighted by Gasteiger charge is -2.25. The average Bonchev–Trinajstić information content (AvgIpc) is 2.69. The van der Waals surface area contributed by atoms with Crippen molar-refractivity contribution in [3.05, 3.63) is 59.2 Å². The van der Waals surface area contributed by atoms with Gasteiger partial charge in [-0.3, -0.25) is 4.79 Å². The molecule has 6 nitrogen and oxygen atoms in total. The van der Waals surface area contributed by atoms with Crippen LogP contribution in [0.15, 0.2) is 36.4 Å². The van der Waals surface area contributed by atoms with E-state index >= 15 is 0 Å². The van der Waals surface area contributed by atoms with Crippen LogP contribution in [0.4, 0.5) is 8.78 Å². The number of hydrogen-bond donors (Lipinski definition) is 1. The quantitative estimate of drug-likeness (QED) is 0.746. The summed E-state index contributed by atoms with van der Waals surface area (Å²) < 4.78 is 43.1.